The number of amides is 2. The molecule has 0 aliphatic carbocycles. The number of hydrogen-bond acceptors (Lipinski definition) is 4. The van der Waals surface area contributed by atoms with E-state index in [1.54, 1.807) is 0 Å². The van der Waals surface area contributed by atoms with Crippen molar-refractivity contribution in [3.63, 3.8) is 0 Å². The van der Waals surface area contributed by atoms with Gasteiger partial charge in [0.05, 0.1) is 10.4 Å². The Bertz CT molecular complexity index is 1160. The van der Waals surface area contributed by atoms with Crippen molar-refractivity contribution in [2.45, 2.75) is 51.5 Å². The molecule has 1 atom stereocenters. The first-order valence-electron chi connectivity index (χ1n) is 13.1. The molecule has 0 saturated carbocycles. The number of hydrogen-bond donors (Lipinski definition) is 1. The minimum atomic E-state index is 0.0121. The molecule has 3 aromatic rings. The van der Waals surface area contributed by atoms with Gasteiger partial charge in [0, 0.05) is 44.3 Å². The summed E-state index contributed by atoms with van der Waals surface area (Å²) < 4.78 is 2.14. The second-order valence-corrected chi connectivity index (χ2v) is 11.0. The number of likely N-dealkylation sites (tertiary alicyclic amines) is 2. The van der Waals surface area contributed by atoms with Crippen LogP contribution < -0.4 is 5.32 Å². The highest BCUT2D eigenvalue weighted by molar-refractivity contribution is 7.16. The average Bonchev–Trinajstić information content (AvgIpc) is 3.54. The number of aromatic nitrogens is 1. The zero-order valence-electron chi connectivity index (χ0n) is 20.6. The van der Waals surface area contributed by atoms with Crippen LogP contribution in [-0.2, 0) is 4.79 Å². The molecule has 0 bridgehead atoms. The zero-order chi connectivity index (χ0) is 24.2. The van der Waals surface area contributed by atoms with Gasteiger partial charge in [-0.3, -0.25) is 9.59 Å². The number of fused-ring (bicyclic) bond motifs is 1. The third-order valence-electron chi connectivity index (χ3n) is 7.65. The van der Waals surface area contributed by atoms with Gasteiger partial charge in [-0.25, -0.2) is 0 Å². The zero-order valence-corrected chi connectivity index (χ0v) is 21.4. The normalized spacial score (nSPS) is 19.8. The SMILES string of the molecule is C[C@@H]1CCCCN1CCCNC(=O)C1CCN(C(=O)c2ccc(-n3ccc4ccccc43)s2)CC1. The van der Waals surface area contributed by atoms with Crippen molar-refractivity contribution >= 4 is 34.1 Å². The summed E-state index contributed by atoms with van der Waals surface area (Å²) >= 11 is 1.53. The molecule has 186 valence electrons. The molecule has 0 radical (unpaired) electrons. The topological polar surface area (TPSA) is 57.6 Å². The Morgan fingerprint density at radius 2 is 1.83 bits per heavy atom. The van der Waals surface area contributed by atoms with Gasteiger partial charge in [-0.2, -0.15) is 0 Å². The molecule has 6 nitrogen and oxygen atoms in total. The van der Waals surface area contributed by atoms with Gasteiger partial charge >= 0.3 is 0 Å². The van der Waals surface area contributed by atoms with E-state index in [2.05, 4.69) is 46.1 Å². The van der Waals surface area contributed by atoms with Crippen LogP contribution in [0.25, 0.3) is 15.9 Å². The van der Waals surface area contributed by atoms with Crippen molar-refractivity contribution in [1.29, 1.82) is 0 Å². The van der Waals surface area contributed by atoms with E-state index in [4.69, 9.17) is 0 Å². The van der Waals surface area contributed by atoms with Gasteiger partial charge in [-0.1, -0.05) is 24.6 Å². The number of rotatable bonds is 7. The maximum Gasteiger partial charge on any atom is 0.263 e. The summed E-state index contributed by atoms with van der Waals surface area (Å²) in [5.41, 5.74) is 1.14. The average molecular weight is 493 g/mol. The lowest BCUT2D eigenvalue weighted by Gasteiger charge is -2.33. The number of para-hydroxylation sites is 1. The molecule has 2 amide bonds. The summed E-state index contributed by atoms with van der Waals surface area (Å²) in [5.74, 6) is 0.243. The largest absolute Gasteiger partial charge is 0.356 e. The Morgan fingerprint density at radius 1 is 1.00 bits per heavy atom. The van der Waals surface area contributed by atoms with E-state index < -0.39 is 0 Å². The van der Waals surface area contributed by atoms with E-state index in [0.29, 0.717) is 19.1 Å². The lowest BCUT2D eigenvalue weighted by atomic mass is 9.95. The third kappa shape index (κ3) is 5.46. The molecule has 2 aliphatic rings. The van der Waals surface area contributed by atoms with Gasteiger partial charge < -0.3 is 19.7 Å². The number of thiophene rings is 1. The van der Waals surface area contributed by atoms with E-state index in [1.165, 1.54) is 42.5 Å². The number of piperidine rings is 2. The second-order valence-electron chi connectivity index (χ2n) is 9.97. The summed E-state index contributed by atoms with van der Waals surface area (Å²) in [4.78, 5) is 31.0. The van der Waals surface area contributed by atoms with Crippen LogP contribution in [0.2, 0.25) is 0 Å². The van der Waals surface area contributed by atoms with Crippen LogP contribution in [-0.4, -0.2) is 64.9 Å². The smallest absolute Gasteiger partial charge is 0.263 e. The molecule has 5 rings (SSSR count). The first kappa shape index (κ1) is 24.1. The standard InChI is InChI=1S/C28H36N4O2S/c1-21-7-4-5-16-30(21)17-6-15-29-27(33)23-12-18-31(19-13-23)28(34)25-10-11-26(35-25)32-20-14-22-8-2-3-9-24(22)32/h2-3,8-11,14,20-21,23H,4-7,12-13,15-19H2,1H3,(H,29,33)/t21-/m1/s1. The van der Waals surface area contributed by atoms with Crippen LogP contribution in [0.3, 0.4) is 0 Å². The molecular weight excluding hydrogens is 456 g/mol. The summed E-state index contributed by atoms with van der Waals surface area (Å²) in [7, 11) is 0. The van der Waals surface area contributed by atoms with Crippen LogP contribution >= 0.6 is 11.3 Å². The molecular formula is C28H36N4O2S. The Labute approximate surface area is 211 Å². The highest BCUT2D eigenvalue weighted by Gasteiger charge is 2.28. The van der Waals surface area contributed by atoms with Crippen LogP contribution in [0.15, 0.2) is 48.7 Å². The van der Waals surface area contributed by atoms with Crippen molar-refractivity contribution in [3.8, 4) is 5.00 Å². The molecule has 7 heteroatoms. The lowest BCUT2D eigenvalue weighted by molar-refractivity contribution is -0.126. The van der Waals surface area contributed by atoms with Crippen molar-refractivity contribution < 1.29 is 9.59 Å². The predicted molar refractivity (Wildman–Crippen MR) is 142 cm³/mol. The van der Waals surface area contributed by atoms with Crippen LogP contribution in [0.4, 0.5) is 0 Å². The monoisotopic (exact) mass is 492 g/mol. The molecule has 1 N–H and O–H groups in total. The molecule has 0 unspecified atom stereocenters. The molecule has 35 heavy (non-hydrogen) atoms. The van der Waals surface area contributed by atoms with Crippen molar-refractivity contribution in [3.05, 3.63) is 53.5 Å². The van der Waals surface area contributed by atoms with Crippen molar-refractivity contribution in [2.75, 3.05) is 32.7 Å². The fourth-order valence-corrected chi connectivity index (χ4v) is 6.45. The Hall–Kier alpha value is -2.64. The van der Waals surface area contributed by atoms with E-state index in [-0.39, 0.29) is 17.7 Å². The van der Waals surface area contributed by atoms with E-state index >= 15 is 0 Å². The van der Waals surface area contributed by atoms with Gasteiger partial charge in [-0.05, 0) is 75.2 Å². The molecule has 1 aromatic carbocycles. The molecule has 2 aromatic heterocycles. The molecule has 2 aliphatic heterocycles. The van der Waals surface area contributed by atoms with Crippen LogP contribution in [0.5, 0.6) is 0 Å². The lowest BCUT2D eigenvalue weighted by Crippen LogP contribution is -2.43. The number of nitrogens with one attached hydrogen (secondary N) is 1. The predicted octanol–water partition coefficient (Wildman–Crippen LogP) is 4.92. The van der Waals surface area contributed by atoms with Gasteiger partial charge in [0.15, 0.2) is 0 Å². The number of benzene rings is 1. The van der Waals surface area contributed by atoms with Crippen molar-refractivity contribution in [2.24, 2.45) is 5.92 Å². The van der Waals surface area contributed by atoms with Crippen LogP contribution in [0, 0.1) is 5.92 Å². The summed E-state index contributed by atoms with van der Waals surface area (Å²) in [6.45, 7) is 6.59. The van der Waals surface area contributed by atoms with E-state index in [1.807, 2.05) is 29.2 Å². The Kier molecular flexibility index (Phi) is 7.54. The molecule has 0 spiro atoms. The molecule has 4 heterocycles. The van der Waals surface area contributed by atoms with Gasteiger partial charge in [0.1, 0.15) is 5.00 Å². The Balaban J connectivity index is 1.08. The first-order chi connectivity index (χ1) is 17.1. The molecule has 2 fully saturated rings. The minimum absolute atomic E-state index is 0.0121. The van der Waals surface area contributed by atoms with Gasteiger partial charge in [0.2, 0.25) is 5.91 Å². The van der Waals surface area contributed by atoms with Crippen LogP contribution in [0.1, 0.15) is 55.1 Å². The van der Waals surface area contributed by atoms with E-state index in [0.717, 1.165) is 47.7 Å². The minimum Gasteiger partial charge on any atom is -0.356 e. The second kappa shape index (κ2) is 11.0. The van der Waals surface area contributed by atoms with E-state index in [9.17, 15) is 9.59 Å². The number of carbonyl (C=O) groups is 2. The Morgan fingerprint density at radius 3 is 2.66 bits per heavy atom. The quantitative estimate of drug-likeness (QED) is 0.476. The summed E-state index contributed by atoms with van der Waals surface area (Å²) in [6, 6.07) is 15.0. The van der Waals surface area contributed by atoms with Crippen molar-refractivity contribution in [1.82, 2.24) is 19.7 Å². The third-order valence-corrected chi connectivity index (χ3v) is 8.73. The number of carbonyl (C=O) groups excluding carboxylic acids is 2. The number of nitrogens with zero attached hydrogens (tertiary/aromatic N) is 3. The van der Waals surface area contributed by atoms with Gasteiger partial charge in [0.25, 0.3) is 5.91 Å². The first-order valence-corrected chi connectivity index (χ1v) is 13.9. The van der Waals surface area contributed by atoms with Gasteiger partial charge in [-0.15, -0.1) is 11.3 Å². The summed E-state index contributed by atoms with van der Waals surface area (Å²) in [6.07, 6.45) is 8.46. The fraction of sp³-hybridized carbons (Fsp3) is 0.500. The fourth-order valence-electron chi connectivity index (χ4n) is 5.48. The highest BCUT2D eigenvalue weighted by atomic mass is 32.1. The maximum atomic E-state index is 13.1. The molecule has 2 saturated heterocycles. The maximum absolute atomic E-state index is 13.1. The highest BCUT2D eigenvalue weighted by Crippen LogP contribution is 2.28. The summed E-state index contributed by atoms with van der Waals surface area (Å²) in [5, 5.41) is 5.38.